The van der Waals surface area contributed by atoms with Crippen LogP contribution in [0.3, 0.4) is 0 Å². The summed E-state index contributed by atoms with van der Waals surface area (Å²) in [4.78, 5) is 9.46. The molecule has 0 fully saturated rings. The van der Waals surface area contributed by atoms with Gasteiger partial charge >= 0.3 is 0 Å². The predicted octanol–water partition coefficient (Wildman–Crippen LogP) is 1.37. The zero-order valence-electron chi connectivity index (χ0n) is 6.36. The first-order valence-electron chi connectivity index (χ1n) is 3.26. The zero-order chi connectivity index (χ0) is 10.0. The van der Waals surface area contributed by atoms with Gasteiger partial charge in [0.2, 0.25) is 0 Å². The van der Waals surface area contributed by atoms with Crippen LogP contribution in [0.25, 0.3) is 0 Å². The van der Waals surface area contributed by atoms with Crippen LogP contribution in [-0.2, 0) is 0 Å². The van der Waals surface area contributed by atoms with Crippen molar-refractivity contribution >= 4 is 22.9 Å². The van der Waals surface area contributed by atoms with Crippen LogP contribution in [0.2, 0.25) is 0 Å². The van der Waals surface area contributed by atoms with Crippen LogP contribution in [0.15, 0.2) is 18.2 Å². The fourth-order valence-corrected chi connectivity index (χ4v) is 0.972. The lowest BCUT2D eigenvalue weighted by molar-refractivity contribution is -0.384. The third-order valence-corrected chi connectivity index (χ3v) is 1.65. The molecule has 1 aromatic rings. The third kappa shape index (κ3) is 1.97. The minimum absolute atomic E-state index is 0.107. The van der Waals surface area contributed by atoms with E-state index >= 15 is 0 Å². The number of benzene rings is 1. The van der Waals surface area contributed by atoms with E-state index in [4.69, 9.17) is 5.73 Å². The maximum absolute atomic E-state index is 12.9. The highest BCUT2D eigenvalue weighted by Crippen LogP contribution is 2.16. The molecule has 0 aliphatic heterocycles. The molecule has 0 radical (unpaired) electrons. The molecule has 68 valence electrons. The summed E-state index contributed by atoms with van der Waals surface area (Å²) in [5, 5.41) is 10.3. The Morgan fingerprint density at radius 1 is 1.62 bits per heavy atom. The molecule has 0 unspecified atom stereocenters. The molecule has 0 spiro atoms. The SMILES string of the molecule is NC(=S)c1cc([N+](=O)[O-])ccc1F. The highest BCUT2D eigenvalue weighted by atomic mass is 32.1. The lowest BCUT2D eigenvalue weighted by Crippen LogP contribution is -2.11. The first kappa shape index (κ1) is 9.53. The van der Waals surface area contributed by atoms with Gasteiger partial charge in [-0.1, -0.05) is 12.2 Å². The summed E-state index contributed by atoms with van der Waals surface area (Å²) in [6.07, 6.45) is 0. The topological polar surface area (TPSA) is 69.2 Å². The Balaban J connectivity index is 3.27. The number of nitro groups is 1. The van der Waals surface area contributed by atoms with Crippen LogP contribution in [0.5, 0.6) is 0 Å². The standard InChI is InChI=1S/C7H5FN2O2S/c8-6-2-1-4(10(11)12)3-5(6)7(9)13/h1-3H,(H2,9,13). The number of nitrogens with two attached hydrogens (primary N) is 1. The Morgan fingerprint density at radius 3 is 2.69 bits per heavy atom. The van der Waals surface area contributed by atoms with Crippen molar-refractivity contribution in [3.05, 3.63) is 39.7 Å². The third-order valence-electron chi connectivity index (χ3n) is 1.43. The van der Waals surface area contributed by atoms with Gasteiger partial charge in [0.05, 0.1) is 10.5 Å². The monoisotopic (exact) mass is 200 g/mol. The molecule has 0 heterocycles. The van der Waals surface area contributed by atoms with Gasteiger partial charge in [0.25, 0.3) is 5.69 Å². The van der Waals surface area contributed by atoms with Crippen LogP contribution in [0, 0.1) is 15.9 Å². The smallest absolute Gasteiger partial charge is 0.270 e. The van der Waals surface area contributed by atoms with Gasteiger partial charge in [0.1, 0.15) is 10.8 Å². The van der Waals surface area contributed by atoms with Crippen molar-refractivity contribution < 1.29 is 9.31 Å². The normalized spacial score (nSPS) is 9.62. The molecule has 0 saturated carbocycles. The molecular formula is C7H5FN2O2S. The van der Waals surface area contributed by atoms with E-state index in [9.17, 15) is 14.5 Å². The van der Waals surface area contributed by atoms with Gasteiger partial charge in [0.15, 0.2) is 0 Å². The Kier molecular flexibility index (Phi) is 2.52. The van der Waals surface area contributed by atoms with E-state index in [1.165, 1.54) is 0 Å². The van der Waals surface area contributed by atoms with Crippen molar-refractivity contribution in [2.45, 2.75) is 0 Å². The molecule has 1 rings (SSSR count). The van der Waals surface area contributed by atoms with Crippen molar-refractivity contribution in [3.8, 4) is 0 Å². The molecule has 0 aromatic heterocycles. The van der Waals surface area contributed by atoms with E-state index in [0.717, 1.165) is 18.2 Å². The zero-order valence-corrected chi connectivity index (χ0v) is 7.18. The Morgan fingerprint density at radius 2 is 2.23 bits per heavy atom. The van der Waals surface area contributed by atoms with Crippen molar-refractivity contribution in [2.24, 2.45) is 5.73 Å². The van der Waals surface area contributed by atoms with E-state index in [1.54, 1.807) is 0 Å². The lowest BCUT2D eigenvalue weighted by Gasteiger charge is -1.99. The fourth-order valence-electron chi connectivity index (χ4n) is 0.816. The second-order valence-corrected chi connectivity index (χ2v) is 2.73. The van der Waals surface area contributed by atoms with E-state index < -0.39 is 10.7 Å². The summed E-state index contributed by atoms with van der Waals surface area (Å²) in [5.74, 6) is -0.655. The number of hydrogen-bond donors (Lipinski definition) is 1. The van der Waals surface area contributed by atoms with E-state index in [0.29, 0.717) is 0 Å². The molecule has 1 aromatic carbocycles. The minimum Gasteiger partial charge on any atom is -0.389 e. The van der Waals surface area contributed by atoms with Gasteiger partial charge < -0.3 is 5.73 Å². The molecule has 13 heavy (non-hydrogen) atoms. The van der Waals surface area contributed by atoms with Gasteiger partial charge in [-0.3, -0.25) is 10.1 Å². The molecule has 0 aliphatic carbocycles. The second-order valence-electron chi connectivity index (χ2n) is 2.29. The molecule has 0 amide bonds. The lowest BCUT2D eigenvalue weighted by atomic mass is 10.2. The molecule has 0 bridgehead atoms. The Bertz CT molecular complexity index is 381. The molecule has 6 heteroatoms. The summed E-state index contributed by atoms with van der Waals surface area (Å²) >= 11 is 4.51. The van der Waals surface area contributed by atoms with Crippen LogP contribution < -0.4 is 5.73 Å². The van der Waals surface area contributed by atoms with Crippen LogP contribution in [0.1, 0.15) is 5.56 Å². The molecular weight excluding hydrogens is 195 g/mol. The quantitative estimate of drug-likeness (QED) is 0.444. The number of thiocarbonyl (C=S) groups is 1. The Hall–Kier alpha value is -1.56. The van der Waals surface area contributed by atoms with Crippen molar-refractivity contribution in [2.75, 3.05) is 0 Å². The number of nitrogens with zero attached hydrogens (tertiary/aromatic N) is 1. The van der Waals surface area contributed by atoms with E-state index in [1.807, 2.05) is 0 Å². The number of non-ortho nitro benzene ring substituents is 1. The fraction of sp³-hybridized carbons (Fsp3) is 0. The van der Waals surface area contributed by atoms with Gasteiger partial charge in [-0.15, -0.1) is 0 Å². The van der Waals surface area contributed by atoms with Gasteiger partial charge in [-0.2, -0.15) is 0 Å². The van der Waals surface area contributed by atoms with Crippen LogP contribution >= 0.6 is 12.2 Å². The maximum Gasteiger partial charge on any atom is 0.270 e. The first-order valence-corrected chi connectivity index (χ1v) is 3.67. The van der Waals surface area contributed by atoms with Crippen molar-refractivity contribution in [1.29, 1.82) is 0 Å². The van der Waals surface area contributed by atoms with Crippen LogP contribution in [0.4, 0.5) is 10.1 Å². The van der Waals surface area contributed by atoms with Crippen molar-refractivity contribution in [1.82, 2.24) is 0 Å². The van der Waals surface area contributed by atoms with E-state index in [-0.39, 0.29) is 16.2 Å². The van der Waals surface area contributed by atoms with Gasteiger partial charge in [-0.25, -0.2) is 4.39 Å². The Labute approximate surface area is 78.3 Å². The van der Waals surface area contributed by atoms with Crippen molar-refractivity contribution in [3.63, 3.8) is 0 Å². The number of halogens is 1. The van der Waals surface area contributed by atoms with E-state index in [2.05, 4.69) is 12.2 Å². The summed E-state index contributed by atoms with van der Waals surface area (Å²) in [6, 6.07) is 3.03. The summed E-state index contributed by atoms with van der Waals surface area (Å²) in [7, 11) is 0. The molecule has 4 nitrogen and oxygen atoms in total. The predicted molar refractivity (Wildman–Crippen MR) is 48.9 cm³/mol. The molecule has 0 aliphatic rings. The average molecular weight is 200 g/mol. The second kappa shape index (κ2) is 3.44. The van der Waals surface area contributed by atoms with Gasteiger partial charge in [-0.05, 0) is 6.07 Å². The molecule has 2 N–H and O–H groups in total. The van der Waals surface area contributed by atoms with Crippen LogP contribution in [-0.4, -0.2) is 9.91 Å². The molecule has 0 saturated heterocycles. The maximum atomic E-state index is 12.9. The summed E-state index contributed by atoms with van der Waals surface area (Å²) in [6.45, 7) is 0. The highest BCUT2D eigenvalue weighted by molar-refractivity contribution is 7.80. The first-order chi connectivity index (χ1) is 6.02. The molecule has 0 atom stereocenters. The summed E-state index contributed by atoms with van der Waals surface area (Å²) in [5.41, 5.74) is 4.81. The highest BCUT2D eigenvalue weighted by Gasteiger charge is 2.11. The largest absolute Gasteiger partial charge is 0.389 e. The van der Waals surface area contributed by atoms with Gasteiger partial charge in [0, 0.05) is 12.1 Å². The minimum atomic E-state index is -0.655. The number of nitro benzene ring substituents is 1. The number of hydrogen-bond acceptors (Lipinski definition) is 3. The average Bonchev–Trinajstić information content (AvgIpc) is 2.04. The summed E-state index contributed by atoms with van der Waals surface area (Å²) < 4.78 is 12.9. The number of rotatable bonds is 2.